The molecule has 1 rings (SSSR count). The van der Waals surface area contributed by atoms with E-state index in [0.29, 0.717) is 4.47 Å². The minimum absolute atomic E-state index is 0.255. The highest BCUT2D eigenvalue weighted by Crippen LogP contribution is 2.27. The van der Waals surface area contributed by atoms with Gasteiger partial charge in [0, 0.05) is 0 Å². The van der Waals surface area contributed by atoms with E-state index in [1.54, 1.807) is 6.07 Å². The molecule has 0 fully saturated rings. The van der Waals surface area contributed by atoms with Crippen LogP contribution in [0.25, 0.3) is 0 Å². The first kappa shape index (κ1) is 10.7. The maximum absolute atomic E-state index is 12.7. The SMILES string of the molecule is C[Si](C)(C)Oc1ccc(F)cc1Br. The van der Waals surface area contributed by atoms with Gasteiger partial charge in [-0.15, -0.1) is 0 Å². The molecule has 0 N–H and O–H groups in total. The highest BCUT2D eigenvalue weighted by Gasteiger charge is 2.17. The molecule has 0 bridgehead atoms. The molecule has 0 unspecified atom stereocenters. The summed E-state index contributed by atoms with van der Waals surface area (Å²) in [4.78, 5) is 0. The van der Waals surface area contributed by atoms with Gasteiger partial charge in [0.2, 0.25) is 8.32 Å². The van der Waals surface area contributed by atoms with Crippen molar-refractivity contribution in [1.29, 1.82) is 0 Å². The van der Waals surface area contributed by atoms with Crippen molar-refractivity contribution < 1.29 is 8.82 Å². The Morgan fingerprint density at radius 3 is 2.38 bits per heavy atom. The van der Waals surface area contributed by atoms with E-state index < -0.39 is 8.32 Å². The Labute approximate surface area is 87.2 Å². The Kier molecular flexibility index (Phi) is 3.13. The van der Waals surface area contributed by atoms with Gasteiger partial charge in [0.1, 0.15) is 11.6 Å². The molecule has 72 valence electrons. The highest BCUT2D eigenvalue weighted by molar-refractivity contribution is 9.10. The first-order chi connectivity index (χ1) is 5.88. The molecule has 13 heavy (non-hydrogen) atoms. The van der Waals surface area contributed by atoms with Crippen molar-refractivity contribution in [1.82, 2.24) is 0 Å². The average molecular weight is 263 g/mol. The Morgan fingerprint density at radius 1 is 1.31 bits per heavy atom. The number of rotatable bonds is 2. The van der Waals surface area contributed by atoms with Crippen LogP contribution in [0.15, 0.2) is 22.7 Å². The summed E-state index contributed by atoms with van der Waals surface area (Å²) in [6.45, 7) is 6.26. The molecule has 0 aliphatic heterocycles. The van der Waals surface area contributed by atoms with Gasteiger partial charge in [0.05, 0.1) is 4.47 Å². The zero-order valence-electron chi connectivity index (χ0n) is 7.90. The highest BCUT2D eigenvalue weighted by atomic mass is 79.9. The summed E-state index contributed by atoms with van der Waals surface area (Å²) < 4.78 is 19.1. The summed E-state index contributed by atoms with van der Waals surface area (Å²) in [7, 11) is -1.60. The summed E-state index contributed by atoms with van der Waals surface area (Å²) >= 11 is 3.26. The molecule has 0 saturated carbocycles. The van der Waals surface area contributed by atoms with E-state index in [1.165, 1.54) is 12.1 Å². The lowest BCUT2D eigenvalue weighted by atomic mass is 10.3. The van der Waals surface area contributed by atoms with Crippen LogP contribution in [-0.4, -0.2) is 8.32 Å². The molecular formula is C9H12BrFOSi. The quantitative estimate of drug-likeness (QED) is 0.737. The first-order valence-electron chi connectivity index (χ1n) is 4.02. The second-order valence-corrected chi connectivity index (χ2v) is 9.07. The molecule has 1 aromatic rings. The summed E-state index contributed by atoms with van der Waals surface area (Å²) in [5.41, 5.74) is 0. The van der Waals surface area contributed by atoms with E-state index in [9.17, 15) is 4.39 Å². The first-order valence-corrected chi connectivity index (χ1v) is 8.23. The number of halogens is 2. The zero-order valence-corrected chi connectivity index (χ0v) is 10.5. The Bertz CT molecular complexity index is 309. The van der Waals surface area contributed by atoms with E-state index in [4.69, 9.17) is 4.43 Å². The number of hydrogen-bond donors (Lipinski definition) is 0. The maximum atomic E-state index is 12.7. The fraction of sp³-hybridized carbons (Fsp3) is 0.333. The lowest BCUT2D eigenvalue weighted by molar-refractivity contribution is 0.548. The molecule has 0 atom stereocenters. The fourth-order valence-corrected chi connectivity index (χ4v) is 2.31. The van der Waals surface area contributed by atoms with Gasteiger partial charge in [0.25, 0.3) is 0 Å². The van der Waals surface area contributed by atoms with Crippen LogP contribution >= 0.6 is 15.9 Å². The molecule has 1 aromatic carbocycles. The van der Waals surface area contributed by atoms with Crippen LogP contribution < -0.4 is 4.43 Å². The maximum Gasteiger partial charge on any atom is 0.242 e. The van der Waals surface area contributed by atoms with Gasteiger partial charge in [-0.2, -0.15) is 0 Å². The molecular weight excluding hydrogens is 251 g/mol. The standard InChI is InChI=1S/C9H12BrFOSi/c1-13(2,3)12-9-5-4-7(11)6-8(9)10/h4-6H,1-3H3. The molecule has 0 aromatic heterocycles. The molecule has 1 nitrogen and oxygen atoms in total. The third-order valence-electron chi connectivity index (χ3n) is 1.31. The molecule has 0 amide bonds. The van der Waals surface area contributed by atoms with Crippen molar-refractivity contribution >= 4 is 24.2 Å². The normalized spacial score (nSPS) is 11.5. The monoisotopic (exact) mass is 262 g/mol. The van der Waals surface area contributed by atoms with Gasteiger partial charge < -0.3 is 4.43 Å². The van der Waals surface area contributed by atoms with Gasteiger partial charge in [-0.25, -0.2) is 4.39 Å². The van der Waals surface area contributed by atoms with Crippen molar-refractivity contribution in [2.24, 2.45) is 0 Å². The Morgan fingerprint density at radius 2 is 1.92 bits per heavy atom. The van der Waals surface area contributed by atoms with Gasteiger partial charge in [-0.1, -0.05) is 0 Å². The van der Waals surface area contributed by atoms with Crippen LogP contribution in [0.1, 0.15) is 0 Å². The van der Waals surface area contributed by atoms with Crippen molar-refractivity contribution in [3.05, 3.63) is 28.5 Å². The summed E-state index contributed by atoms with van der Waals surface area (Å²) in [6, 6.07) is 4.47. The largest absolute Gasteiger partial charge is 0.544 e. The van der Waals surface area contributed by atoms with Crippen molar-refractivity contribution in [2.75, 3.05) is 0 Å². The van der Waals surface area contributed by atoms with Crippen molar-refractivity contribution in [3.8, 4) is 5.75 Å². The van der Waals surface area contributed by atoms with Crippen LogP contribution in [0.3, 0.4) is 0 Å². The van der Waals surface area contributed by atoms with E-state index in [2.05, 4.69) is 35.6 Å². The number of hydrogen-bond acceptors (Lipinski definition) is 1. The van der Waals surface area contributed by atoms with Crippen LogP contribution in [0.5, 0.6) is 5.75 Å². The summed E-state index contributed by atoms with van der Waals surface area (Å²) in [5.74, 6) is 0.468. The third kappa shape index (κ3) is 3.48. The van der Waals surface area contributed by atoms with Crippen molar-refractivity contribution in [3.63, 3.8) is 0 Å². The molecule has 0 spiro atoms. The summed E-state index contributed by atoms with van der Waals surface area (Å²) in [5, 5.41) is 0. The second kappa shape index (κ2) is 3.80. The third-order valence-corrected chi connectivity index (χ3v) is 2.76. The van der Waals surface area contributed by atoms with Gasteiger partial charge in [-0.05, 0) is 53.8 Å². The average Bonchev–Trinajstić information content (AvgIpc) is 1.93. The molecule has 0 saturated heterocycles. The fourth-order valence-electron chi connectivity index (χ4n) is 0.888. The van der Waals surface area contributed by atoms with E-state index in [1.807, 2.05) is 0 Å². The second-order valence-electron chi connectivity index (χ2n) is 3.79. The van der Waals surface area contributed by atoms with Gasteiger partial charge >= 0.3 is 0 Å². The molecule has 0 heterocycles. The Hall–Kier alpha value is -0.353. The van der Waals surface area contributed by atoms with Gasteiger partial charge in [0.15, 0.2) is 0 Å². The van der Waals surface area contributed by atoms with E-state index in [-0.39, 0.29) is 5.82 Å². The smallest absolute Gasteiger partial charge is 0.242 e. The van der Waals surface area contributed by atoms with E-state index >= 15 is 0 Å². The molecule has 4 heteroatoms. The van der Waals surface area contributed by atoms with E-state index in [0.717, 1.165) is 5.75 Å². The molecule has 0 aliphatic rings. The topological polar surface area (TPSA) is 9.23 Å². The summed E-state index contributed by atoms with van der Waals surface area (Å²) in [6.07, 6.45) is 0. The van der Waals surface area contributed by atoms with Crippen LogP contribution in [-0.2, 0) is 0 Å². The van der Waals surface area contributed by atoms with Crippen LogP contribution in [0.2, 0.25) is 19.6 Å². The van der Waals surface area contributed by atoms with Crippen molar-refractivity contribution in [2.45, 2.75) is 19.6 Å². The number of benzene rings is 1. The van der Waals surface area contributed by atoms with Gasteiger partial charge in [-0.3, -0.25) is 0 Å². The predicted molar refractivity (Wildman–Crippen MR) is 58.1 cm³/mol. The Balaban J connectivity index is 2.90. The minimum Gasteiger partial charge on any atom is -0.544 e. The molecule has 0 radical (unpaired) electrons. The minimum atomic E-state index is -1.60. The van der Waals surface area contributed by atoms with Crippen LogP contribution in [0, 0.1) is 5.82 Å². The lowest BCUT2D eigenvalue weighted by Gasteiger charge is -2.20. The lowest BCUT2D eigenvalue weighted by Crippen LogP contribution is -2.29. The predicted octanol–water partition coefficient (Wildman–Crippen LogP) is 3.80. The zero-order chi connectivity index (χ0) is 10.1. The van der Waals surface area contributed by atoms with Crippen LogP contribution in [0.4, 0.5) is 4.39 Å². The molecule has 0 aliphatic carbocycles.